The molecule has 1 atom stereocenters. The standard InChI is InChI=1S/C14H20F3N3O/c15-14(16,17)12-6-5-10(9-18)13(19-12)20-7-1-3-11(20)4-2-8-21/h5-6,11,21H,1-4,7-9,18H2. The van der Waals surface area contributed by atoms with Crippen molar-refractivity contribution in [2.45, 2.75) is 44.4 Å². The van der Waals surface area contributed by atoms with Crippen LogP contribution in [0.2, 0.25) is 0 Å². The maximum atomic E-state index is 12.8. The first-order valence-electron chi connectivity index (χ1n) is 7.12. The van der Waals surface area contributed by atoms with E-state index in [9.17, 15) is 13.2 Å². The highest BCUT2D eigenvalue weighted by Crippen LogP contribution is 2.33. The van der Waals surface area contributed by atoms with E-state index in [-0.39, 0.29) is 19.2 Å². The Morgan fingerprint density at radius 3 is 2.76 bits per heavy atom. The van der Waals surface area contributed by atoms with Gasteiger partial charge in [-0.1, -0.05) is 6.07 Å². The Morgan fingerprint density at radius 1 is 1.38 bits per heavy atom. The molecular formula is C14H20F3N3O. The van der Waals surface area contributed by atoms with Crippen LogP contribution in [0.25, 0.3) is 0 Å². The first-order chi connectivity index (χ1) is 9.97. The fourth-order valence-electron chi connectivity index (χ4n) is 2.78. The monoisotopic (exact) mass is 303 g/mol. The van der Waals surface area contributed by atoms with Crippen LogP contribution >= 0.6 is 0 Å². The molecule has 1 aliphatic heterocycles. The van der Waals surface area contributed by atoms with Crippen LogP contribution in [0.3, 0.4) is 0 Å². The normalized spacial score (nSPS) is 19.3. The van der Waals surface area contributed by atoms with E-state index in [2.05, 4.69) is 4.98 Å². The number of aliphatic hydroxyl groups excluding tert-OH is 1. The van der Waals surface area contributed by atoms with Crippen LogP contribution in [0, 0.1) is 0 Å². The van der Waals surface area contributed by atoms with E-state index in [1.54, 1.807) is 0 Å². The molecule has 7 heteroatoms. The molecule has 0 amide bonds. The molecule has 2 heterocycles. The van der Waals surface area contributed by atoms with E-state index < -0.39 is 11.9 Å². The number of aromatic nitrogens is 1. The number of alkyl halides is 3. The van der Waals surface area contributed by atoms with Crippen LogP contribution in [0.4, 0.5) is 19.0 Å². The molecule has 1 aliphatic rings. The van der Waals surface area contributed by atoms with Gasteiger partial charge in [0.2, 0.25) is 0 Å². The Labute approximate surface area is 121 Å². The first-order valence-corrected chi connectivity index (χ1v) is 7.12. The quantitative estimate of drug-likeness (QED) is 0.876. The zero-order valence-electron chi connectivity index (χ0n) is 11.7. The molecular weight excluding hydrogens is 283 g/mol. The number of halogens is 3. The summed E-state index contributed by atoms with van der Waals surface area (Å²) in [6.07, 6.45) is -1.25. The van der Waals surface area contributed by atoms with E-state index in [4.69, 9.17) is 10.8 Å². The predicted molar refractivity (Wildman–Crippen MR) is 73.8 cm³/mol. The smallest absolute Gasteiger partial charge is 0.396 e. The Hall–Kier alpha value is -1.34. The van der Waals surface area contributed by atoms with E-state index in [0.29, 0.717) is 24.3 Å². The first kappa shape index (κ1) is 16.0. The van der Waals surface area contributed by atoms with Gasteiger partial charge in [0.1, 0.15) is 11.5 Å². The lowest BCUT2D eigenvalue weighted by molar-refractivity contribution is -0.141. The van der Waals surface area contributed by atoms with Crippen LogP contribution < -0.4 is 10.6 Å². The molecule has 0 aromatic carbocycles. The Morgan fingerprint density at radius 2 is 2.14 bits per heavy atom. The van der Waals surface area contributed by atoms with E-state index in [1.165, 1.54) is 6.07 Å². The van der Waals surface area contributed by atoms with Gasteiger partial charge in [-0.3, -0.25) is 0 Å². The summed E-state index contributed by atoms with van der Waals surface area (Å²) in [6.45, 7) is 0.922. The van der Waals surface area contributed by atoms with E-state index in [0.717, 1.165) is 25.3 Å². The minimum absolute atomic E-state index is 0.0874. The van der Waals surface area contributed by atoms with Gasteiger partial charge in [0.25, 0.3) is 0 Å². The van der Waals surface area contributed by atoms with Gasteiger partial charge in [0, 0.05) is 31.3 Å². The van der Waals surface area contributed by atoms with Gasteiger partial charge in [-0.05, 0) is 31.7 Å². The van der Waals surface area contributed by atoms with Crippen LogP contribution in [0.1, 0.15) is 36.9 Å². The Kier molecular flexibility index (Phi) is 5.05. The van der Waals surface area contributed by atoms with Gasteiger partial charge < -0.3 is 15.7 Å². The van der Waals surface area contributed by atoms with Crippen molar-refractivity contribution in [2.24, 2.45) is 5.73 Å². The summed E-state index contributed by atoms with van der Waals surface area (Å²) in [7, 11) is 0. The highest BCUT2D eigenvalue weighted by molar-refractivity contribution is 5.50. The van der Waals surface area contributed by atoms with E-state index in [1.807, 2.05) is 4.90 Å². The molecule has 0 aliphatic carbocycles. The fourth-order valence-corrected chi connectivity index (χ4v) is 2.78. The van der Waals surface area contributed by atoms with Crippen LogP contribution in [0.5, 0.6) is 0 Å². The largest absolute Gasteiger partial charge is 0.433 e. The van der Waals surface area contributed by atoms with Crippen molar-refractivity contribution in [3.63, 3.8) is 0 Å². The number of aliphatic hydroxyl groups is 1. The number of hydrogen-bond acceptors (Lipinski definition) is 4. The van der Waals surface area contributed by atoms with Crippen molar-refractivity contribution in [3.8, 4) is 0 Å². The minimum atomic E-state index is -4.46. The molecule has 1 saturated heterocycles. The average Bonchev–Trinajstić information content (AvgIpc) is 2.91. The molecule has 21 heavy (non-hydrogen) atoms. The minimum Gasteiger partial charge on any atom is -0.396 e. The summed E-state index contributed by atoms with van der Waals surface area (Å²) >= 11 is 0. The Balaban J connectivity index is 2.31. The second-order valence-electron chi connectivity index (χ2n) is 5.24. The summed E-state index contributed by atoms with van der Waals surface area (Å²) in [4.78, 5) is 5.72. The molecule has 118 valence electrons. The number of anilines is 1. The van der Waals surface area contributed by atoms with Crippen molar-refractivity contribution < 1.29 is 18.3 Å². The number of pyridine rings is 1. The zero-order chi connectivity index (χ0) is 15.5. The van der Waals surface area contributed by atoms with Gasteiger partial charge >= 0.3 is 6.18 Å². The molecule has 0 saturated carbocycles. The fraction of sp³-hybridized carbons (Fsp3) is 0.643. The molecule has 0 spiro atoms. The van der Waals surface area contributed by atoms with Crippen molar-refractivity contribution in [2.75, 3.05) is 18.1 Å². The maximum absolute atomic E-state index is 12.8. The predicted octanol–water partition coefficient (Wildman–Crippen LogP) is 2.30. The molecule has 1 aromatic rings. The van der Waals surface area contributed by atoms with Gasteiger partial charge in [-0.15, -0.1) is 0 Å². The zero-order valence-corrected chi connectivity index (χ0v) is 11.7. The molecule has 2 rings (SSSR count). The maximum Gasteiger partial charge on any atom is 0.433 e. The Bertz CT molecular complexity index is 479. The topological polar surface area (TPSA) is 62.4 Å². The third-order valence-electron chi connectivity index (χ3n) is 3.81. The lowest BCUT2D eigenvalue weighted by atomic mass is 10.1. The average molecular weight is 303 g/mol. The van der Waals surface area contributed by atoms with Crippen molar-refractivity contribution in [3.05, 3.63) is 23.4 Å². The SMILES string of the molecule is NCc1ccc(C(F)(F)F)nc1N1CCCC1CCCO. The molecule has 0 bridgehead atoms. The molecule has 1 aromatic heterocycles. The van der Waals surface area contributed by atoms with Crippen LogP contribution in [-0.4, -0.2) is 29.3 Å². The summed E-state index contributed by atoms with van der Waals surface area (Å²) < 4.78 is 38.5. The van der Waals surface area contributed by atoms with Gasteiger partial charge in [0.05, 0.1) is 0 Å². The molecule has 1 unspecified atom stereocenters. The summed E-state index contributed by atoms with van der Waals surface area (Å²) in [5, 5.41) is 8.93. The lowest BCUT2D eigenvalue weighted by Crippen LogP contribution is -2.32. The van der Waals surface area contributed by atoms with Crippen molar-refractivity contribution in [1.29, 1.82) is 0 Å². The number of nitrogens with two attached hydrogens (primary N) is 1. The molecule has 1 fully saturated rings. The van der Waals surface area contributed by atoms with Gasteiger partial charge in [-0.25, -0.2) is 4.98 Å². The van der Waals surface area contributed by atoms with Gasteiger partial charge in [-0.2, -0.15) is 13.2 Å². The summed E-state index contributed by atoms with van der Waals surface area (Å²) in [5.41, 5.74) is 5.37. The van der Waals surface area contributed by atoms with Crippen molar-refractivity contribution in [1.82, 2.24) is 4.98 Å². The highest BCUT2D eigenvalue weighted by Gasteiger charge is 2.35. The van der Waals surface area contributed by atoms with E-state index >= 15 is 0 Å². The van der Waals surface area contributed by atoms with Gasteiger partial charge in [0.15, 0.2) is 0 Å². The number of nitrogens with zero attached hydrogens (tertiary/aromatic N) is 2. The molecule has 3 N–H and O–H groups in total. The second-order valence-corrected chi connectivity index (χ2v) is 5.24. The highest BCUT2D eigenvalue weighted by atomic mass is 19.4. The number of rotatable bonds is 5. The summed E-state index contributed by atoms with van der Waals surface area (Å²) in [6, 6.07) is 2.51. The molecule has 0 radical (unpaired) electrons. The number of hydrogen-bond donors (Lipinski definition) is 2. The third kappa shape index (κ3) is 3.65. The van der Waals surface area contributed by atoms with Crippen LogP contribution in [-0.2, 0) is 12.7 Å². The summed E-state index contributed by atoms with van der Waals surface area (Å²) in [5.74, 6) is 0.341. The second kappa shape index (κ2) is 6.62. The van der Waals surface area contributed by atoms with Crippen molar-refractivity contribution >= 4 is 5.82 Å². The third-order valence-corrected chi connectivity index (χ3v) is 3.81. The lowest BCUT2D eigenvalue weighted by Gasteiger charge is -2.28. The van der Waals surface area contributed by atoms with Crippen LogP contribution in [0.15, 0.2) is 12.1 Å². The molecule has 4 nitrogen and oxygen atoms in total.